The van der Waals surface area contributed by atoms with Gasteiger partial charge in [-0.2, -0.15) is 0 Å². The summed E-state index contributed by atoms with van der Waals surface area (Å²) in [5.74, 6) is -0.187. The number of nitrogens with zero attached hydrogens (tertiary/aromatic N) is 1. The van der Waals surface area contributed by atoms with Crippen LogP contribution in [0.25, 0.3) is 0 Å². The smallest absolute Gasteiger partial charge is 0.228 e. The molecule has 0 bridgehead atoms. The van der Waals surface area contributed by atoms with Crippen LogP contribution < -0.4 is 0 Å². The zero-order chi connectivity index (χ0) is 22.1. The van der Waals surface area contributed by atoms with Crippen molar-refractivity contribution in [3.8, 4) is 0 Å². The van der Waals surface area contributed by atoms with Crippen molar-refractivity contribution in [1.82, 2.24) is 4.90 Å². The van der Waals surface area contributed by atoms with Gasteiger partial charge in [0.25, 0.3) is 0 Å². The number of rotatable bonds is 2. The van der Waals surface area contributed by atoms with E-state index < -0.39 is 28.6 Å². The lowest BCUT2D eigenvalue weighted by molar-refractivity contribution is -0.255. The summed E-state index contributed by atoms with van der Waals surface area (Å²) in [6, 6.07) is 0. The third-order valence-electron chi connectivity index (χ3n) is 10.0. The van der Waals surface area contributed by atoms with Crippen molar-refractivity contribution < 1.29 is 19.8 Å². The summed E-state index contributed by atoms with van der Waals surface area (Å²) in [5, 5.41) is 24.4. The van der Waals surface area contributed by atoms with Gasteiger partial charge in [0.2, 0.25) is 11.8 Å². The van der Waals surface area contributed by atoms with Gasteiger partial charge in [-0.25, -0.2) is 0 Å². The Balaban J connectivity index is 1.85. The highest BCUT2D eigenvalue weighted by Crippen LogP contribution is 2.69. The molecule has 3 fully saturated rings. The molecule has 4 rings (SSSR count). The molecule has 5 nitrogen and oxygen atoms in total. The van der Waals surface area contributed by atoms with Crippen LogP contribution in [0.3, 0.4) is 0 Å². The van der Waals surface area contributed by atoms with Gasteiger partial charge in [-0.3, -0.25) is 14.5 Å². The van der Waals surface area contributed by atoms with Crippen LogP contribution in [0.1, 0.15) is 92.4 Å². The summed E-state index contributed by atoms with van der Waals surface area (Å²) >= 11 is 0. The average Bonchev–Trinajstić information content (AvgIpc) is 2.99. The minimum atomic E-state index is -1.59. The summed E-state index contributed by atoms with van der Waals surface area (Å²) < 4.78 is 0. The Morgan fingerprint density at radius 3 is 2.33 bits per heavy atom. The van der Waals surface area contributed by atoms with Crippen LogP contribution in [-0.4, -0.2) is 38.3 Å². The molecule has 5 heteroatoms. The molecule has 0 radical (unpaired) electrons. The van der Waals surface area contributed by atoms with Crippen molar-refractivity contribution in [3.05, 3.63) is 11.6 Å². The molecule has 0 aliphatic heterocycles. The Bertz CT molecular complexity index is 778. The molecule has 3 saturated carbocycles. The van der Waals surface area contributed by atoms with E-state index in [9.17, 15) is 19.8 Å². The number of imide groups is 1. The van der Waals surface area contributed by atoms with Crippen molar-refractivity contribution in [2.24, 2.45) is 28.6 Å². The number of fused-ring (bicyclic) bond motifs is 5. The predicted octanol–water partition coefficient (Wildman–Crippen LogP) is 4.17. The average molecular weight is 418 g/mol. The normalized spacial score (nSPS) is 47.6. The van der Waals surface area contributed by atoms with Gasteiger partial charge >= 0.3 is 0 Å². The molecule has 0 saturated heterocycles. The fourth-order valence-electron chi connectivity index (χ4n) is 8.69. The standard InChI is InChI=1S/C25H39NO4/c1-6-18-9-10-20-22(18,4)14-12-21-23(5)19(11-15-24(20,21)29)8-7-13-25(23,30)26(16(2)27)17(3)28/h11,18,20-21,29-30H,6-10,12-15H2,1-5H3/t18-,20+,21+,22+,23-,24+,25?/m0/s1. The van der Waals surface area contributed by atoms with Gasteiger partial charge in [0, 0.05) is 25.2 Å². The van der Waals surface area contributed by atoms with Crippen LogP contribution >= 0.6 is 0 Å². The lowest BCUT2D eigenvalue weighted by atomic mass is 9.43. The number of aliphatic hydroxyl groups is 2. The molecule has 0 spiro atoms. The van der Waals surface area contributed by atoms with Crippen LogP contribution in [0.15, 0.2) is 11.6 Å². The predicted molar refractivity (Wildman–Crippen MR) is 115 cm³/mol. The molecule has 2 amide bonds. The second-order valence-electron chi connectivity index (χ2n) is 11.0. The lowest BCUT2D eigenvalue weighted by Crippen LogP contribution is -2.72. The molecule has 7 atom stereocenters. The highest BCUT2D eigenvalue weighted by atomic mass is 16.3. The molecule has 0 aromatic heterocycles. The van der Waals surface area contributed by atoms with Crippen LogP contribution in [0.5, 0.6) is 0 Å². The van der Waals surface area contributed by atoms with Crippen molar-refractivity contribution in [2.45, 2.75) is 104 Å². The van der Waals surface area contributed by atoms with E-state index in [0.29, 0.717) is 18.8 Å². The summed E-state index contributed by atoms with van der Waals surface area (Å²) in [6.45, 7) is 9.35. The molecular weight excluding hydrogens is 378 g/mol. The third-order valence-corrected chi connectivity index (χ3v) is 10.0. The monoisotopic (exact) mass is 417 g/mol. The highest BCUT2D eigenvalue weighted by molar-refractivity contribution is 5.94. The molecule has 4 aliphatic carbocycles. The molecule has 168 valence electrons. The minimum Gasteiger partial charge on any atom is -0.389 e. The zero-order valence-electron chi connectivity index (χ0n) is 19.3. The van der Waals surface area contributed by atoms with E-state index in [2.05, 4.69) is 19.9 Å². The fraction of sp³-hybridized carbons (Fsp3) is 0.840. The topological polar surface area (TPSA) is 77.8 Å². The summed E-state index contributed by atoms with van der Waals surface area (Å²) in [7, 11) is 0. The Labute approximate surface area is 180 Å². The Kier molecular flexibility index (Phi) is 5.06. The van der Waals surface area contributed by atoms with E-state index in [1.54, 1.807) is 0 Å². The first-order valence-electron chi connectivity index (χ1n) is 11.9. The molecular formula is C25H39NO4. The first-order chi connectivity index (χ1) is 14.0. The third kappa shape index (κ3) is 2.54. The van der Waals surface area contributed by atoms with E-state index in [1.807, 2.05) is 6.92 Å². The van der Waals surface area contributed by atoms with E-state index >= 15 is 0 Å². The highest BCUT2D eigenvalue weighted by Gasteiger charge is 2.70. The van der Waals surface area contributed by atoms with Crippen molar-refractivity contribution >= 4 is 11.8 Å². The largest absolute Gasteiger partial charge is 0.389 e. The van der Waals surface area contributed by atoms with Crippen LogP contribution in [0.4, 0.5) is 0 Å². The number of carbonyl (C=O) groups is 2. The maximum atomic E-state index is 12.5. The van der Waals surface area contributed by atoms with Gasteiger partial charge in [0.05, 0.1) is 5.60 Å². The van der Waals surface area contributed by atoms with Crippen LogP contribution in [-0.2, 0) is 9.59 Å². The minimum absolute atomic E-state index is 0.120. The van der Waals surface area contributed by atoms with Gasteiger partial charge < -0.3 is 10.2 Å². The van der Waals surface area contributed by atoms with E-state index in [-0.39, 0.29) is 17.3 Å². The molecule has 1 unspecified atom stereocenters. The molecule has 0 aromatic rings. The quantitative estimate of drug-likeness (QED) is 0.522. The number of carbonyl (C=O) groups excluding carboxylic acids is 2. The molecule has 0 aromatic carbocycles. The molecule has 30 heavy (non-hydrogen) atoms. The number of hydrogen-bond donors (Lipinski definition) is 2. The summed E-state index contributed by atoms with van der Waals surface area (Å²) in [5.41, 5.74) is -2.08. The summed E-state index contributed by atoms with van der Waals surface area (Å²) in [6.07, 6.45) is 9.88. The first-order valence-corrected chi connectivity index (χ1v) is 11.9. The Morgan fingerprint density at radius 1 is 1.07 bits per heavy atom. The van der Waals surface area contributed by atoms with Crippen molar-refractivity contribution in [3.63, 3.8) is 0 Å². The van der Waals surface area contributed by atoms with Crippen LogP contribution in [0.2, 0.25) is 0 Å². The Morgan fingerprint density at radius 2 is 1.73 bits per heavy atom. The van der Waals surface area contributed by atoms with Gasteiger partial charge in [-0.15, -0.1) is 0 Å². The second-order valence-corrected chi connectivity index (χ2v) is 11.0. The van der Waals surface area contributed by atoms with Crippen molar-refractivity contribution in [2.75, 3.05) is 0 Å². The molecule has 4 aliphatic rings. The fourth-order valence-corrected chi connectivity index (χ4v) is 8.69. The van der Waals surface area contributed by atoms with Gasteiger partial charge in [-0.05, 0) is 68.6 Å². The summed E-state index contributed by atoms with van der Waals surface area (Å²) in [4.78, 5) is 26.1. The first kappa shape index (κ1) is 22.0. The van der Waals surface area contributed by atoms with Gasteiger partial charge in [-0.1, -0.05) is 38.8 Å². The number of amides is 2. The molecule has 2 N–H and O–H groups in total. The number of hydrogen-bond acceptors (Lipinski definition) is 4. The van der Waals surface area contributed by atoms with Gasteiger partial charge in [0.15, 0.2) is 5.72 Å². The van der Waals surface area contributed by atoms with E-state index in [1.165, 1.54) is 13.8 Å². The second kappa shape index (κ2) is 6.90. The maximum Gasteiger partial charge on any atom is 0.228 e. The van der Waals surface area contributed by atoms with Crippen molar-refractivity contribution in [1.29, 1.82) is 0 Å². The van der Waals surface area contributed by atoms with E-state index in [0.717, 1.165) is 55.4 Å². The lowest BCUT2D eigenvalue weighted by Gasteiger charge is -2.66. The molecule has 0 heterocycles. The van der Waals surface area contributed by atoms with E-state index in [4.69, 9.17) is 0 Å². The zero-order valence-corrected chi connectivity index (χ0v) is 19.3. The maximum absolute atomic E-state index is 12.5. The van der Waals surface area contributed by atoms with Crippen LogP contribution in [0, 0.1) is 28.6 Å². The Hall–Kier alpha value is -1.20. The van der Waals surface area contributed by atoms with Gasteiger partial charge in [0.1, 0.15) is 0 Å². The SMILES string of the molecule is CC[C@H]1CC[C@@H]2[C@]1(C)CC[C@H]1[C@@]2(O)CC=C2CCCC(O)(N(C(C)=O)C(C)=O)[C@@]21C.